The molecule has 1 N–H and O–H groups in total. The van der Waals surface area contributed by atoms with Crippen molar-refractivity contribution in [2.75, 3.05) is 6.54 Å². The summed E-state index contributed by atoms with van der Waals surface area (Å²) in [5.41, 5.74) is 1.63. The SMILES string of the molecule is C[C@H](NC(=O)[C@@H]1CCCN1Sc1ccc(F)cc1)c1cccc(-c2ccc(C(F)(F)F)cc2)c1. The maximum absolute atomic E-state index is 13.2. The monoisotopic (exact) mass is 488 g/mol. The maximum atomic E-state index is 13.2. The van der Waals surface area contributed by atoms with Gasteiger partial charge in [-0.3, -0.25) is 4.79 Å². The zero-order valence-electron chi connectivity index (χ0n) is 18.5. The van der Waals surface area contributed by atoms with E-state index in [9.17, 15) is 22.4 Å². The molecule has 4 rings (SSSR count). The summed E-state index contributed by atoms with van der Waals surface area (Å²) in [5, 5.41) is 3.07. The number of rotatable bonds is 6. The van der Waals surface area contributed by atoms with Crippen LogP contribution >= 0.6 is 11.9 Å². The maximum Gasteiger partial charge on any atom is 0.416 e. The molecule has 1 aliphatic heterocycles. The summed E-state index contributed by atoms with van der Waals surface area (Å²) in [6.07, 6.45) is -2.75. The first-order valence-corrected chi connectivity index (χ1v) is 11.8. The van der Waals surface area contributed by atoms with E-state index < -0.39 is 11.7 Å². The van der Waals surface area contributed by atoms with E-state index in [1.807, 2.05) is 35.5 Å². The van der Waals surface area contributed by atoms with E-state index in [0.29, 0.717) is 5.56 Å². The van der Waals surface area contributed by atoms with Crippen LogP contribution in [-0.4, -0.2) is 22.8 Å². The van der Waals surface area contributed by atoms with Crippen molar-refractivity contribution in [1.82, 2.24) is 9.62 Å². The zero-order chi connectivity index (χ0) is 24.3. The van der Waals surface area contributed by atoms with Crippen LogP contribution in [0.2, 0.25) is 0 Å². The van der Waals surface area contributed by atoms with Gasteiger partial charge in [0.15, 0.2) is 0 Å². The third-order valence-electron chi connectivity index (χ3n) is 5.83. The van der Waals surface area contributed by atoms with Gasteiger partial charge in [0.1, 0.15) is 5.82 Å². The van der Waals surface area contributed by atoms with Crippen LogP contribution in [-0.2, 0) is 11.0 Å². The summed E-state index contributed by atoms with van der Waals surface area (Å²) < 4.78 is 53.7. The molecule has 0 unspecified atom stereocenters. The zero-order valence-corrected chi connectivity index (χ0v) is 19.3. The predicted molar refractivity (Wildman–Crippen MR) is 125 cm³/mol. The Hall–Kier alpha value is -2.84. The molecule has 34 heavy (non-hydrogen) atoms. The molecule has 1 amide bonds. The molecule has 0 saturated carbocycles. The fourth-order valence-corrected chi connectivity index (χ4v) is 5.05. The second kappa shape index (κ2) is 10.2. The molecule has 3 aromatic carbocycles. The lowest BCUT2D eigenvalue weighted by atomic mass is 9.99. The number of carbonyl (C=O) groups is 1. The third-order valence-corrected chi connectivity index (χ3v) is 6.99. The van der Waals surface area contributed by atoms with Crippen molar-refractivity contribution in [1.29, 1.82) is 0 Å². The molecule has 1 fully saturated rings. The quantitative estimate of drug-likeness (QED) is 0.304. The van der Waals surface area contributed by atoms with Crippen LogP contribution in [0.1, 0.15) is 36.9 Å². The van der Waals surface area contributed by atoms with E-state index in [4.69, 9.17) is 0 Å². The van der Waals surface area contributed by atoms with Crippen LogP contribution in [0.4, 0.5) is 17.6 Å². The number of alkyl halides is 3. The number of hydrogen-bond donors (Lipinski definition) is 1. The highest BCUT2D eigenvalue weighted by Crippen LogP contribution is 2.33. The number of nitrogens with one attached hydrogen (secondary N) is 1. The standard InChI is InChI=1S/C26H24F4N2OS/c1-17(19-4-2-5-20(16-19)18-7-9-21(10-8-18)26(28,29)30)31-25(33)24-6-3-15-32(24)34-23-13-11-22(27)12-14-23/h2,4-5,7-14,16-17,24H,3,6,15H2,1H3,(H,31,33)/t17-,24-/m0/s1. The second-order valence-corrected chi connectivity index (χ2v) is 9.40. The van der Waals surface area contributed by atoms with Crippen molar-refractivity contribution < 1.29 is 22.4 Å². The fourth-order valence-electron chi connectivity index (χ4n) is 3.97. The normalized spacial score (nSPS) is 17.5. The molecule has 0 spiro atoms. The lowest BCUT2D eigenvalue weighted by Gasteiger charge is -2.24. The van der Waals surface area contributed by atoms with Gasteiger partial charge in [-0.05, 0) is 90.9 Å². The van der Waals surface area contributed by atoms with Crippen molar-refractivity contribution in [3.63, 3.8) is 0 Å². The predicted octanol–water partition coefficient (Wildman–Crippen LogP) is 6.86. The van der Waals surface area contributed by atoms with Gasteiger partial charge in [0, 0.05) is 11.4 Å². The number of halogens is 4. The number of amides is 1. The topological polar surface area (TPSA) is 32.3 Å². The highest BCUT2D eigenvalue weighted by molar-refractivity contribution is 7.97. The number of carbonyl (C=O) groups excluding carboxylic acids is 1. The van der Waals surface area contributed by atoms with Gasteiger partial charge >= 0.3 is 6.18 Å². The van der Waals surface area contributed by atoms with Crippen LogP contribution in [0.15, 0.2) is 77.7 Å². The lowest BCUT2D eigenvalue weighted by molar-refractivity contribution is -0.137. The van der Waals surface area contributed by atoms with Crippen LogP contribution in [0, 0.1) is 5.82 Å². The van der Waals surface area contributed by atoms with Crippen molar-refractivity contribution in [3.8, 4) is 11.1 Å². The molecular formula is C26H24F4N2OS. The van der Waals surface area contributed by atoms with Gasteiger partial charge in [-0.15, -0.1) is 0 Å². The molecule has 0 aliphatic carbocycles. The van der Waals surface area contributed by atoms with Gasteiger partial charge in [0.25, 0.3) is 0 Å². The van der Waals surface area contributed by atoms with Gasteiger partial charge in [-0.25, -0.2) is 8.70 Å². The first-order chi connectivity index (χ1) is 16.2. The van der Waals surface area contributed by atoms with Crippen LogP contribution < -0.4 is 5.32 Å². The van der Waals surface area contributed by atoms with E-state index in [2.05, 4.69) is 5.32 Å². The van der Waals surface area contributed by atoms with Gasteiger partial charge in [-0.1, -0.05) is 30.3 Å². The highest BCUT2D eigenvalue weighted by Gasteiger charge is 2.32. The highest BCUT2D eigenvalue weighted by atomic mass is 32.2. The molecule has 1 heterocycles. The van der Waals surface area contributed by atoms with Crippen LogP contribution in [0.3, 0.4) is 0 Å². The summed E-state index contributed by atoms with van der Waals surface area (Å²) in [6.45, 7) is 2.65. The fraction of sp³-hybridized carbons (Fsp3) is 0.269. The Balaban J connectivity index is 1.42. The van der Waals surface area contributed by atoms with Crippen LogP contribution in [0.25, 0.3) is 11.1 Å². The molecule has 3 nitrogen and oxygen atoms in total. The molecule has 0 radical (unpaired) electrons. The van der Waals surface area contributed by atoms with E-state index in [0.717, 1.165) is 47.5 Å². The Bertz CT molecular complexity index is 1130. The molecule has 8 heteroatoms. The van der Waals surface area contributed by atoms with Crippen molar-refractivity contribution in [2.24, 2.45) is 0 Å². The van der Waals surface area contributed by atoms with Gasteiger partial charge < -0.3 is 5.32 Å². The molecule has 0 bridgehead atoms. The smallest absolute Gasteiger partial charge is 0.348 e. The minimum absolute atomic E-state index is 0.0838. The van der Waals surface area contributed by atoms with Crippen molar-refractivity contribution in [2.45, 2.75) is 42.9 Å². The Morgan fingerprint density at radius 2 is 1.74 bits per heavy atom. The van der Waals surface area contributed by atoms with Crippen molar-refractivity contribution >= 4 is 17.9 Å². The van der Waals surface area contributed by atoms with E-state index in [1.54, 1.807) is 12.1 Å². The van der Waals surface area contributed by atoms with Crippen molar-refractivity contribution in [3.05, 3.63) is 89.7 Å². The Morgan fingerprint density at radius 3 is 2.41 bits per heavy atom. The molecule has 178 valence electrons. The largest absolute Gasteiger partial charge is 0.416 e. The van der Waals surface area contributed by atoms with E-state index in [-0.39, 0.29) is 23.8 Å². The first-order valence-electron chi connectivity index (χ1n) is 11.0. The van der Waals surface area contributed by atoms with Gasteiger partial charge in [0.2, 0.25) is 5.91 Å². The minimum atomic E-state index is -4.37. The number of nitrogens with zero attached hydrogens (tertiary/aromatic N) is 1. The third kappa shape index (κ3) is 5.80. The lowest BCUT2D eigenvalue weighted by Crippen LogP contribution is -2.41. The molecule has 1 saturated heterocycles. The Labute approximate surface area is 200 Å². The number of benzene rings is 3. The molecule has 0 aromatic heterocycles. The van der Waals surface area contributed by atoms with Crippen LogP contribution in [0.5, 0.6) is 0 Å². The van der Waals surface area contributed by atoms with E-state index >= 15 is 0 Å². The Morgan fingerprint density at radius 1 is 1.03 bits per heavy atom. The average molecular weight is 489 g/mol. The number of hydrogen-bond acceptors (Lipinski definition) is 3. The minimum Gasteiger partial charge on any atom is -0.348 e. The average Bonchev–Trinajstić information content (AvgIpc) is 3.28. The molecule has 1 aliphatic rings. The molecular weight excluding hydrogens is 464 g/mol. The summed E-state index contributed by atoms with van der Waals surface area (Å²) in [7, 11) is 0. The molecule has 2 atom stereocenters. The summed E-state index contributed by atoms with van der Waals surface area (Å²) in [5.74, 6) is -0.382. The summed E-state index contributed by atoms with van der Waals surface area (Å²) in [6, 6.07) is 18.1. The second-order valence-electron chi connectivity index (χ2n) is 8.27. The summed E-state index contributed by atoms with van der Waals surface area (Å²) >= 11 is 1.45. The Kier molecular flexibility index (Phi) is 7.28. The van der Waals surface area contributed by atoms with Gasteiger partial charge in [-0.2, -0.15) is 13.2 Å². The van der Waals surface area contributed by atoms with Gasteiger partial charge in [0.05, 0.1) is 17.6 Å². The summed E-state index contributed by atoms with van der Waals surface area (Å²) in [4.78, 5) is 13.9. The first kappa shape index (κ1) is 24.3. The van der Waals surface area contributed by atoms with E-state index in [1.165, 1.54) is 36.2 Å². The molecule has 3 aromatic rings.